The molecular weight excluding hydrogens is 202 g/mol. The van der Waals surface area contributed by atoms with E-state index in [0.29, 0.717) is 6.10 Å². The summed E-state index contributed by atoms with van der Waals surface area (Å²) in [4.78, 5) is 2.37. The van der Waals surface area contributed by atoms with Gasteiger partial charge in [0.15, 0.2) is 0 Å². The van der Waals surface area contributed by atoms with Crippen LogP contribution < -0.4 is 0 Å². The summed E-state index contributed by atoms with van der Waals surface area (Å²) >= 11 is 0. The Hall–Kier alpha value is -0.380. The van der Waals surface area contributed by atoms with Gasteiger partial charge in [-0.25, -0.2) is 0 Å². The van der Waals surface area contributed by atoms with Crippen LogP contribution in [0.25, 0.3) is 0 Å². The molecule has 1 N–H and O–H groups in total. The number of hydrogen-bond donors (Lipinski definition) is 1. The molecular formula is C13H21NO2. The maximum atomic E-state index is 9.61. The molecule has 2 heterocycles. The number of nitrogens with zero attached hydrogens (tertiary/aromatic N) is 1. The first kappa shape index (κ1) is 10.8. The Kier molecular flexibility index (Phi) is 2.57. The summed E-state index contributed by atoms with van der Waals surface area (Å²) < 4.78 is 5.94. The molecule has 1 aliphatic carbocycles. The highest BCUT2D eigenvalue weighted by Gasteiger charge is 2.49. The van der Waals surface area contributed by atoms with Crippen LogP contribution >= 0.6 is 0 Å². The van der Waals surface area contributed by atoms with Crippen molar-refractivity contribution in [3.63, 3.8) is 0 Å². The summed E-state index contributed by atoms with van der Waals surface area (Å²) in [7, 11) is 0. The van der Waals surface area contributed by atoms with E-state index in [1.54, 1.807) is 0 Å². The third-order valence-electron chi connectivity index (χ3n) is 4.25. The zero-order valence-corrected chi connectivity index (χ0v) is 9.82. The maximum absolute atomic E-state index is 9.61. The molecule has 2 saturated heterocycles. The lowest BCUT2D eigenvalue weighted by molar-refractivity contribution is 0.0497. The van der Waals surface area contributed by atoms with E-state index < -0.39 is 0 Å². The average molecular weight is 223 g/mol. The van der Waals surface area contributed by atoms with Gasteiger partial charge in [0.1, 0.15) is 0 Å². The number of aliphatic hydroxyl groups excluding tert-OH is 1. The second kappa shape index (κ2) is 3.83. The standard InChI is InChI=1S/C13H21NO2/c1-10-4-13(9-15)5-12(7-14(13)6-10)16-8-11-2-3-11/h11-12,15H,1-9H2. The van der Waals surface area contributed by atoms with Crippen LogP contribution in [0.1, 0.15) is 25.7 Å². The predicted octanol–water partition coefficient (Wildman–Crippen LogP) is 1.18. The van der Waals surface area contributed by atoms with E-state index in [1.165, 1.54) is 18.4 Å². The van der Waals surface area contributed by atoms with Gasteiger partial charge in [0, 0.05) is 19.7 Å². The van der Waals surface area contributed by atoms with Gasteiger partial charge in [-0.15, -0.1) is 0 Å². The average Bonchev–Trinajstić information content (AvgIpc) is 2.94. The molecule has 0 amide bonds. The van der Waals surface area contributed by atoms with Crippen molar-refractivity contribution in [2.45, 2.75) is 37.3 Å². The van der Waals surface area contributed by atoms with Gasteiger partial charge in [0.25, 0.3) is 0 Å². The third-order valence-corrected chi connectivity index (χ3v) is 4.25. The molecule has 3 nitrogen and oxygen atoms in total. The topological polar surface area (TPSA) is 32.7 Å². The van der Waals surface area contributed by atoms with Crippen molar-refractivity contribution in [3.8, 4) is 0 Å². The Balaban J connectivity index is 1.60. The number of fused-ring (bicyclic) bond motifs is 1. The Bertz CT molecular complexity index is 300. The van der Waals surface area contributed by atoms with Crippen molar-refractivity contribution >= 4 is 0 Å². The Morgan fingerprint density at radius 2 is 2.31 bits per heavy atom. The molecule has 1 saturated carbocycles. The number of hydrogen-bond acceptors (Lipinski definition) is 3. The lowest BCUT2D eigenvalue weighted by Gasteiger charge is -2.28. The molecule has 0 aromatic rings. The monoisotopic (exact) mass is 223 g/mol. The highest BCUT2D eigenvalue weighted by Crippen LogP contribution is 2.42. The molecule has 3 aliphatic rings. The van der Waals surface area contributed by atoms with E-state index in [-0.39, 0.29) is 12.1 Å². The van der Waals surface area contributed by atoms with Crippen molar-refractivity contribution in [1.82, 2.24) is 4.90 Å². The summed E-state index contributed by atoms with van der Waals surface area (Å²) in [6, 6.07) is 0. The summed E-state index contributed by atoms with van der Waals surface area (Å²) in [6.07, 6.45) is 4.96. The largest absolute Gasteiger partial charge is 0.394 e. The van der Waals surface area contributed by atoms with Gasteiger partial charge < -0.3 is 9.84 Å². The van der Waals surface area contributed by atoms with Gasteiger partial charge in [-0.2, -0.15) is 0 Å². The van der Waals surface area contributed by atoms with Gasteiger partial charge >= 0.3 is 0 Å². The van der Waals surface area contributed by atoms with Crippen LogP contribution in [0.4, 0.5) is 0 Å². The molecule has 2 atom stereocenters. The fraction of sp³-hybridized carbons (Fsp3) is 0.846. The number of rotatable bonds is 4. The summed E-state index contributed by atoms with van der Waals surface area (Å²) in [5, 5.41) is 9.61. The zero-order chi connectivity index (χ0) is 11.2. The first-order valence-electron chi connectivity index (χ1n) is 6.36. The van der Waals surface area contributed by atoms with Gasteiger partial charge in [0.05, 0.1) is 18.2 Å². The van der Waals surface area contributed by atoms with Crippen molar-refractivity contribution in [2.75, 3.05) is 26.3 Å². The Morgan fingerprint density at radius 1 is 1.50 bits per heavy atom. The molecule has 0 aromatic carbocycles. The molecule has 0 aromatic heterocycles. The maximum Gasteiger partial charge on any atom is 0.0721 e. The van der Waals surface area contributed by atoms with E-state index >= 15 is 0 Å². The van der Waals surface area contributed by atoms with Crippen LogP contribution in [0, 0.1) is 5.92 Å². The number of aliphatic hydroxyl groups is 1. The van der Waals surface area contributed by atoms with Crippen LogP contribution in [-0.2, 0) is 4.74 Å². The molecule has 2 unspecified atom stereocenters. The van der Waals surface area contributed by atoms with Crippen molar-refractivity contribution in [2.24, 2.45) is 5.92 Å². The third kappa shape index (κ3) is 1.81. The smallest absolute Gasteiger partial charge is 0.0721 e. The van der Waals surface area contributed by atoms with E-state index in [4.69, 9.17) is 4.74 Å². The summed E-state index contributed by atoms with van der Waals surface area (Å²) in [6.45, 7) is 7.15. The Morgan fingerprint density at radius 3 is 2.94 bits per heavy atom. The fourth-order valence-corrected chi connectivity index (χ4v) is 3.15. The van der Waals surface area contributed by atoms with Gasteiger partial charge in [-0.1, -0.05) is 12.2 Å². The van der Waals surface area contributed by atoms with Crippen LogP contribution in [0.3, 0.4) is 0 Å². The molecule has 3 heteroatoms. The van der Waals surface area contributed by atoms with Crippen molar-refractivity contribution in [1.29, 1.82) is 0 Å². The lowest BCUT2D eigenvalue weighted by atomic mass is 9.93. The van der Waals surface area contributed by atoms with Gasteiger partial charge in [-0.05, 0) is 31.6 Å². The molecule has 16 heavy (non-hydrogen) atoms. The fourth-order valence-electron chi connectivity index (χ4n) is 3.15. The van der Waals surface area contributed by atoms with Crippen LogP contribution in [-0.4, -0.2) is 48.0 Å². The molecule has 3 rings (SSSR count). The van der Waals surface area contributed by atoms with E-state index in [0.717, 1.165) is 38.5 Å². The quantitative estimate of drug-likeness (QED) is 0.726. The van der Waals surface area contributed by atoms with E-state index in [2.05, 4.69) is 11.5 Å². The predicted molar refractivity (Wildman–Crippen MR) is 62.2 cm³/mol. The minimum absolute atomic E-state index is 0.0364. The molecule has 2 aliphatic heterocycles. The molecule has 0 radical (unpaired) electrons. The minimum Gasteiger partial charge on any atom is -0.394 e. The van der Waals surface area contributed by atoms with Crippen LogP contribution in [0.5, 0.6) is 0 Å². The Labute approximate surface area is 97.1 Å². The van der Waals surface area contributed by atoms with Crippen LogP contribution in [0.15, 0.2) is 12.2 Å². The van der Waals surface area contributed by atoms with Crippen LogP contribution in [0.2, 0.25) is 0 Å². The lowest BCUT2D eigenvalue weighted by Crippen LogP contribution is -2.41. The van der Waals surface area contributed by atoms with E-state index in [1.807, 2.05) is 0 Å². The SMILES string of the molecule is C=C1CN2CC(OCC3CC3)CC2(CO)C1. The summed E-state index contributed by atoms with van der Waals surface area (Å²) in [5.74, 6) is 0.829. The highest BCUT2D eigenvalue weighted by atomic mass is 16.5. The minimum atomic E-state index is -0.0364. The first-order valence-corrected chi connectivity index (χ1v) is 6.36. The molecule has 0 bridgehead atoms. The van der Waals surface area contributed by atoms with Crippen molar-refractivity contribution < 1.29 is 9.84 Å². The molecule has 0 spiro atoms. The van der Waals surface area contributed by atoms with E-state index in [9.17, 15) is 5.11 Å². The van der Waals surface area contributed by atoms with Crippen molar-refractivity contribution in [3.05, 3.63) is 12.2 Å². The highest BCUT2D eigenvalue weighted by molar-refractivity contribution is 5.19. The normalized spacial score (nSPS) is 39.3. The summed E-state index contributed by atoms with van der Waals surface area (Å²) in [5.41, 5.74) is 1.22. The molecule has 90 valence electrons. The second-order valence-corrected chi connectivity index (χ2v) is 5.79. The molecule has 3 fully saturated rings. The zero-order valence-electron chi connectivity index (χ0n) is 9.82. The first-order chi connectivity index (χ1) is 7.72. The number of ether oxygens (including phenoxy) is 1. The second-order valence-electron chi connectivity index (χ2n) is 5.79. The van der Waals surface area contributed by atoms with Gasteiger partial charge in [-0.3, -0.25) is 4.90 Å². The van der Waals surface area contributed by atoms with Gasteiger partial charge in [0.2, 0.25) is 0 Å².